The fourth-order valence-corrected chi connectivity index (χ4v) is 1.76. The smallest absolute Gasteiger partial charge is 0.143 e. The Morgan fingerprint density at radius 2 is 2.33 bits per heavy atom. The van der Waals surface area contributed by atoms with Crippen LogP contribution in [0.2, 0.25) is 0 Å². The second kappa shape index (κ2) is 2.77. The summed E-state index contributed by atoms with van der Waals surface area (Å²) < 4.78 is 5.42. The highest BCUT2D eigenvalue weighted by Gasteiger charge is 2.28. The molecule has 2 heteroatoms. The molecule has 64 valence electrons. The Balaban J connectivity index is 2.24. The molecule has 1 heterocycles. The van der Waals surface area contributed by atoms with Gasteiger partial charge in [-0.25, -0.2) is 0 Å². The zero-order valence-electron chi connectivity index (χ0n) is 7.17. The minimum absolute atomic E-state index is 0.0544. The third-order valence-electron chi connectivity index (χ3n) is 2.41. The Bertz CT molecular complexity index is 299. The monoisotopic (exact) mass is 164 g/mol. The number of aryl methyl sites for hydroxylation is 1. The quantitative estimate of drug-likeness (QED) is 0.638. The van der Waals surface area contributed by atoms with Gasteiger partial charge in [-0.05, 0) is 31.9 Å². The van der Waals surface area contributed by atoms with Gasteiger partial charge in [0, 0.05) is 6.42 Å². The Hall–Kier alpha value is -1.05. The summed E-state index contributed by atoms with van der Waals surface area (Å²) >= 11 is 0. The van der Waals surface area contributed by atoms with Crippen LogP contribution in [0.25, 0.3) is 0 Å². The topological polar surface area (TPSA) is 30.2 Å². The van der Waals surface area contributed by atoms with Gasteiger partial charge in [-0.3, -0.25) is 4.79 Å². The second-order valence-corrected chi connectivity index (χ2v) is 3.36. The molecule has 0 aromatic carbocycles. The summed E-state index contributed by atoms with van der Waals surface area (Å²) in [5, 5.41) is 0. The van der Waals surface area contributed by atoms with Crippen molar-refractivity contribution in [1.82, 2.24) is 0 Å². The fourth-order valence-electron chi connectivity index (χ4n) is 1.76. The number of Topliss-reactive ketones (excluding diaryl/α,β-unsaturated/α-hetero) is 1. The molecule has 2 rings (SSSR count). The highest BCUT2D eigenvalue weighted by molar-refractivity contribution is 5.86. The lowest BCUT2D eigenvalue weighted by molar-refractivity contribution is -0.118. The Morgan fingerprint density at radius 3 is 2.83 bits per heavy atom. The summed E-state index contributed by atoms with van der Waals surface area (Å²) in [5.74, 6) is 2.14. The minimum Gasteiger partial charge on any atom is -0.466 e. The number of carbonyl (C=O) groups excluding carboxylic acids is 1. The van der Waals surface area contributed by atoms with E-state index in [9.17, 15) is 4.79 Å². The molecule has 1 saturated carbocycles. The van der Waals surface area contributed by atoms with Crippen LogP contribution in [0.1, 0.15) is 36.7 Å². The first-order valence-electron chi connectivity index (χ1n) is 4.36. The van der Waals surface area contributed by atoms with Crippen molar-refractivity contribution in [3.63, 3.8) is 0 Å². The van der Waals surface area contributed by atoms with Crippen LogP contribution < -0.4 is 0 Å². The summed E-state index contributed by atoms with van der Waals surface area (Å²) in [6.45, 7) is 1.91. The number of hydrogen-bond acceptors (Lipinski definition) is 2. The maximum absolute atomic E-state index is 11.3. The molecule has 1 aliphatic rings. The van der Waals surface area contributed by atoms with E-state index in [4.69, 9.17) is 4.42 Å². The Morgan fingerprint density at radius 1 is 1.50 bits per heavy atom. The van der Waals surface area contributed by atoms with E-state index in [1.165, 1.54) is 0 Å². The van der Waals surface area contributed by atoms with Crippen LogP contribution in [0.3, 0.4) is 0 Å². The number of carbonyl (C=O) groups is 1. The van der Waals surface area contributed by atoms with Gasteiger partial charge in [0.1, 0.15) is 17.3 Å². The van der Waals surface area contributed by atoms with Crippen LogP contribution in [0.4, 0.5) is 0 Å². The first-order chi connectivity index (χ1) is 5.77. The van der Waals surface area contributed by atoms with Crippen molar-refractivity contribution in [2.24, 2.45) is 0 Å². The normalized spacial score (nSPS) is 23.4. The van der Waals surface area contributed by atoms with Crippen LogP contribution in [0, 0.1) is 6.92 Å². The van der Waals surface area contributed by atoms with Crippen molar-refractivity contribution < 1.29 is 9.21 Å². The van der Waals surface area contributed by atoms with Crippen molar-refractivity contribution in [2.45, 2.75) is 32.1 Å². The maximum atomic E-state index is 11.3. The van der Waals surface area contributed by atoms with E-state index in [2.05, 4.69) is 0 Å². The van der Waals surface area contributed by atoms with E-state index in [0.29, 0.717) is 5.78 Å². The molecule has 2 nitrogen and oxygen atoms in total. The van der Waals surface area contributed by atoms with Gasteiger partial charge in [0.25, 0.3) is 0 Å². The van der Waals surface area contributed by atoms with Crippen molar-refractivity contribution in [2.75, 3.05) is 0 Å². The third-order valence-corrected chi connectivity index (χ3v) is 2.41. The van der Waals surface area contributed by atoms with Gasteiger partial charge in [-0.15, -0.1) is 0 Å². The third kappa shape index (κ3) is 1.17. The van der Waals surface area contributed by atoms with Gasteiger partial charge in [-0.2, -0.15) is 0 Å². The molecule has 1 aromatic rings. The lowest BCUT2D eigenvalue weighted by atomic mass is 10.0. The van der Waals surface area contributed by atoms with E-state index >= 15 is 0 Å². The maximum Gasteiger partial charge on any atom is 0.143 e. The molecular formula is C10H12O2. The first kappa shape index (κ1) is 7.59. The number of furan rings is 1. The Labute approximate surface area is 71.6 Å². The van der Waals surface area contributed by atoms with Gasteiger partial charge >= 0.3 is 0 Å². The molecule has 12 heavy (non-hydrogen) atoms. The molecule has 1 aromatic heterocycles. The van der Waals surface area contributed by atoms with Crippen molar-refractivity contribution in [3.8, 4) is 0 Å². The predicted molar refractivity (Wildman–Crippen MR) is 45.0 cm³/mol. The molecule has 0 N–H and O–H groups in total. The molecule has 1 aliphatic carbocycles. The molecule has 0 bridgehead atoms. The van der Waals surface area contributed by atoms with Gasteiger partial charge in [0.15, 0.2) is 0 Å². The molecule has 1 atom stereocenters. The molecular weight excluding hydrogens is 152 g/mol. The van der Waals surface area contributed by atoms with Gasteiger partial charge in [0.05, 0.1) is 5.92 Å². The standard InChI is InChI=1S/C10H12O2/c1-7-5-6-10(12-7)8-3-2-4-9(8)11/h5-6,8H,2-4H2,1H3. The van der Waals surface area contributed by atoms with Crippen molar-refractivity contribution in [1.29, 1.82) is 0 Å². The molecule has 0 spiro atoms. The van der Waals surface area contributed by atoms with E-state index < -0.39 is 0 Å². The summed E-state index contributed by atoms with van der Waals surface area (Å²) in [6, 6.07) is 3.84. The summed E-state index contributed by atoms with van der Waals surface area (Å²) in [7, 11) is 0. The van der Waals surface area contributed by atoms with Crippen LogP contribution in [0.15, 0.2) is 16.5 Å². The fraction of sp³-hybridized carbons (Fsp3) is 0.500. The zero-order chi connectivity index (χ0) is 8.55. The van der Waals surface area contributed by atoms with E-state index in [1.807, 2.05) is 19.1 Å². The number of ketones is 1. The van der Waals surface area contributed by atoms with Crippen LogP contribution in [-0.4, -0.2) is 5.78 Å². The molecule has 0 amide bonds. The van der Waals surface area contributed by atoms with Crippen LogP contribution in [0.5, 0.6) is 0 Å². The molecule has 0 saturated heterocycles. The zero-order valence-corrected chi connectivity index (χ0v) is 7.17. The van der Waals surface area contributed by atoms with Gasteiger partial charge < -0.3 is 4.42 Å². The molecule has 0 aliphatic heterocycles. The van der Waals surface area contributed by atoms with Crippen LogP contribution >= 0.6 is 0 Å². The van der Waals surface area contributed by atoms with E-state index in [0.717, 1.165) is 30.8 Å². The second-order valence-electron chi connectivity index (χ2n) is 3.36. The summed E-state index contributed by atoms with van der Waals surface area (Å²) in [6.07, 6.45) is 2.71. The summed E-state index contributed by atoms with van der Waals surface area (Å²) in [4.78, 5) is 11.3. The predicted octanol–water partition coefficient (Wildman–Crippen LogP) is 2.42. The van der Waals surface area contributed by atoms with Crippen LogP contribution in [-0.2, 0) is 4.79 Å². The SMILES string of the molecule is Cc1ccc(C2CCCC2=O)o1. The average Bonchev–Trinajstić information content (AvgIpc) is 2.58. The lowest BCUT2D eigenvalue weighted by Crippen LogP contribution is -2.02. The molecule has 1 fully saturated rings. The number of hydrogen-bond donors (Lipinski definition) is 0. The average molecular weight is 164 g/mol. The highest BCUT2D eigenvalue weighted by Crippen LogP contribution is 2.31. The minimum atomic E-state index is 0.0544. The highest BCUT2D eigenvalue weighted by atomic mass is 16.3. The Kier molecular flexibility index (Phi) is 1.75. The van der Waals surface area contributed by atoms with Gasteiger partial charge in [0.2, 0.25) is 0 Å². The van der Waals surface area contributed by atoms with E-state index in [1.54, 1.807) is 0 Å². The van der Waals surface area contributed by atoms with Crippen molar-refractivity contribution in [3.05, 3.63) is 23.7 Å². The van der Waals surface area contributed by atoms with Crippen molar-refractivity contribution >= 4 is 5.78 Å². The lowest BCUT2D eigenvalue weighted by Gasteiger charge is -2.01. The summed E-state index contributed by atoms with van der Waals surface area (Å²) in [5.41, 5.74) is 0. The number of rotatable bonds is 1. The molecule has 0 radical (unpaired) electrons. The van der Waals surface area contributed by atoms with Gasteiger partial charge in [-0.1, -0.05) is 0 Å². The first-order valence-corrected chi connectivity index (χ1v) is 4.36. The molecule has 1 unspecified atom stereocenters. The largest absolute Gasteiger partial charge is 0.466 e. The van der Waals surface area contributed by atoms with E-state index in [-0.39, 0.29) is 5.92 Å².